The van der Waals surface area contributed by atoms with E-state index in [2.05, 4.69) is 18.4 Å². The van der Waals surface area contributed by atoms with Gasteiger partial charge in [-0.1, -0.05) is 13.3 Å². The van der Waals surface area contributed by atoms with Crippen molar-refractivity contribution >= 4 is 11.3 Å². The first kappa shape index (κ1) is 8.29. The summed E-state index contributed by atoms with van der Waals surface area (Å²) in [5.41, 5.74) is 1.18. The summed E-state index contributed by atoms with van der Waals surface area (Å²) in [6.45, 7) is 2.11. The second-order valence-corrected chi connectivity index (χ2v) is 3.31. The molecule has 0 radical (unpaired) electrons. The Labute approximate surface area is 71.3 Å². The molecule has 11 heavy (non-hydrogen) atoms. The van der Waals surface area contributed by atoms with E-state index in [1.54, 1.807) is 11.3 Å². The molecule has 0 aliphatic heterocycles. The Morgan fingerprint density at radius 3 is 3.00 bits per heavy atom. The summed E-state index contributed by atoms with van der Waals surface area (Å²) in [5, 5.41) is 12.9. The van der Waals surface area contributed by atoms with Crippen molar-refractivity contribution in [3.63, 3.8) is 0 Å². The fourth-order valence-corrected chi connectivity index (χ4v) is 1.78. The van der Waals surface area contributed by atoms with Crippen LogP contribution in [-0.4, -0.2) is 0 Å². The molecule has 0 saturated heterocycles. The Morgan fingerprint density at radius 1 is 1.73 bits per heavy atom. The van der Waals surface area contributed by atoms with E-state index in [9.17, 15) is 0 Å². The fraction of sp³-hybridized carbons (Fsp3) is 0.444. The van der Waals surface area contributed by atoms with Gasteiger partial charge in [0.1, 0.15) is 0 Å². The highest BCUT2D eigenvalue weighted by molar-refractivity contribution is 7.08. The first-order chi connectivity index (χ1) is 5.38. The number of thiophene rings is 1. The molecule has 1 unspecified atom stereocenters. The normalized spacial score (nSPS) is 12.4. The molecule has 2 heteroatoms. The highest BCUT2D eigenvalue weighted by atomic mass is 32.1. The third-order valence-electron chi connectivity index (χ3n) is 1.68. The van der Waals surface area contributed by atoms with Gasteiger partial charge in [0.2, 0.25) is 0 Å². The number of rotatable bonds is 3. The minimum Gasteiger partial charge on any atom is -0.198 e. The van der Waals surface area contributed by atoms with Crippen LogP contribution in [0.15, 0.2) is 16.8 Å². The van der Waals surface area contributed by atoms with E-state index in [0.29, 0.717) is 0 Å². The zero-order valence-electron chi connectivity index (χ0n) is 6.58. The van der Waals surface area contributed by atoms with Gasteiger partial charge in [0, 0.05) is 0 Å². The molecular formula is C9H11NS. The van der Waals surface area contributed by atoms with Crippen LogP contribution in [0.25, 0.3) is 0 Å². The maximum atomic E-state index is 8.78. The number of nitrogens with zero attached hydrogens (tertiary/aromatic N) is 1. The molecule has 1 atom stereocenters. The molecule has 1 aromatic heterocycles. The maximum Gasteiger partial charge on any atom is 0.0720 e. The van der Waals surface area contributed by atoms with Crippen molar-refractivity contribution in [1.29, 1.82) is 5.26 Å². The Kier molecular flexibility index (Phi) is 3.13. The van der Waals surface area contributed by atoms with E-state index < -0.39 is 0 Å². The summed E-state index contributed by atoms with van der Waals surface area (Å²) in [4.78, 5) is 0. The number of hydrogen-bond donors (Lipinski definition) is 0. The summed E-state index contributed by atoms with van der Waals surface area (Å²) in [7, 11) is 0. The predicted molar refractivity (Wildman–Crippen MR) is 47.6 cm³/mol. The predicted octanol–water partition coefficient (Wildman–Crippen LogP) is 3.16. The number of hydrogen-bond acceptors (Lipinski definition) is 2. The van der Waals surface area contributed by atoms with Gasteiger partial charge in [0.15, 0.2) is 0 Å². The molecule has 0 aliphatic rings. The van der Waals surface area contributed by atoms with Crippen molar-refractivity contribution < 1.29 is 0 Å². The largest absolute Gasteiger partial charge is 0.198 e. The van der Waals surface area contributed by atoms with E-state index >= 15 is 0 Å². The molecule has 0 aromatic carbocycles. The summed E-state index contributed by atoms with van der Waals surface area (Å²) >= 11 is 1.66. The average Bonchev–Trinajstić information content (AvgIpc) is 2.52. The summed E-state index contributed by atoms with van der Waals surface area (Å²) < 4.78 is 0. The quantitative estimate of drug-likeness (QED) is 0.675. The Bertz CT molecular complexity index is 233. The molecule has 0 bridgehead atoms. The summed E-state index contributed by atoms with van der Waals surface area (Å²) in [5.74, 6) is 0.117. The van der Waals surface area contributed by atoms with Gasteiger partial charge in [-0.2, -0.15) is 16.6 Å². The summed E-state index contributed by atoms with van der Waals surface area (Å²) in [6, 6.07) is 4.35. The zero-order chi connectivity index (χ0) is 8.10. The molecule has 0 amide bonds. The van der Waals surface area contributed by atoms with Crippen LogP contribution in [0.4, 0.5) is 0 Å². The molecule has 58 valence electrons. The van der Waals surface area contributed by atoms with E-state index in [1.807, 2.05) is 11.4 Å². The lowest BCUT2D eigenvalue weighted by molar-refractivity contribution is 0.729. The summed E-state index contributed by atoms with van der Waals surface area (Å²) in [6.07, 6.45) is 2.06. The van der Waals surface area contributed by atoms with Crippen LogP contribution < -0.4 is 0 Å². The Balaban J connectivity index is 2.65. The van der Waals surface area contributed by atoms with Crippen molar-refractivity contribution in [3.8, 4) is 6.07 Å². The molecule has 0 aliphatic carbocycles. The SMILES string of the molecule is CCCC(C#N)c1ccsc1. The molecule has 1 heterocycles. The van der Waals surface area contributed by atoms with E-state index in [0.717, 1.165) is 12.8 Å². The topological polar surface area (TPSA) is 23.8 Å². The molecule has 0 saturated carbocycles. The van der Waals surface area contributed by atoms with Gasteiger partial charge >= 0.3 is 0 Å². The average molecular weight is 165 g/mol. The van der Waals surface area contributed by atoms with Crippen molar-refractivity contribution in [2.75, 3.05) is 0 Å². The van der Waals surface area contributed by atoms with Crippen LogP contribution in [0, 0.1) is 11.3 Å². The third-order valence-corrected chi connectivity index (χ3v) is 2.38. The van der Waals surface area contributed by atoms with Crippen LogP contribution in [0.2, 0.25) is 0 Å². The van der Waals surface area contributed by atoms with Gasteiger partial charge in [0.05, 0.1) is 12.0 Å². The van der Waals surface area contributed by atoms with Crippen molar-refractivity contribution in [2.24, 2.45) is 0 Å². The van der Waals surface area contributed by atoms with Crippen LogP contribution in [-0.2, 0) is 0 Å². The first-order valence-electron chi connectivity index (χ1n) is 3.80. The molecule has 1 aromatic rings. The zero-order valence-corrected chi connectivity index (χ0v) is 7.40. The minimum absolute atomic E-state index is 0.117. The molecular weight excluding hydrogens is 154 g/mol. The van der Waals surface area contributed by atoms with Crippen LogP contribution in [0.3, 0.4) is 0 Å². The lowest BCUT2D eigenvalue weighted by Gasteiger charge is -2.02. The van der Waals surface area contributed by atoms with Crippen LogP contribution >= 0.6 is 11.3 Å². The molecule has 0 fully saturated rings. The van der Waals surface area contributed by atoms with Gasteiger partial charge in [-0.15, -0.1) is 0 Å². The number of nitriles is 1. The van der Waals surface area contributed by atoms with Crippen molar-refractivity contribution in [2.45, 2.75) is 25.7 Å². The van der Waals surface area contributed by atoms with Gasteiger partial charge in [0.25, 0.3) is 0 Å². The first-order valence-corrected chi connectivity index (χ1v) is 4.74. The maximum absolute atomic E-state index is 8.78. The highest BCUT2D eigenvalue weighted by Crippen LogP contribution is 2.22. The van der Waals surface area contributed by atoms with Crippen LogP contribution in [0.5, 0.6) is 0 Å². The van der Waals surface area contributed by atoms with E-state index in [4.69, 9.17) is 5.26 Å². The highest BCUT2D eigenvalue weighted by Gasteiger charge is 2.08. The minimum atomic E-state index is 0.117. The standard InChI is InChI=1S/C9H11NS/c1-2-3-8(6-10)9-4-5-11-7-9/h4-5,7-8H,2-3H2,1H3. The monoisotopic (exact) mass is 165 g/mol. The molecule has 1 nitrogen and oxygen atoms in total. The Hall–Kier alpha value is -0.810. The Morgan fingerprint density at radius 2 is 2.55 bits per heavy atom. The second-order valence-electron chi connectivity index (χ2n) is 2.53. The second kappa shape index (κ2) is 4.15. The fourth-order valence-electron chi connectivity index (χ4n) is 1.07. The lowest BCUT2D eigenvalue weighted by Crippen LogP contribution is -1.91. The molecule has 1 rings (SSSR count). The van der Waals surface area contributed by atoms with Gasteiger partial charge in [-0.3, -0.25) is 0 Å². The van der Waals surface area contributed by atoms with Gasteiger partial charge in [-0.25, -0.2) is 0 Å². The van der Waals surface area contributed by atoms with E-state index in [-0.39, 0.29) is 5.92 Å². The van der Waals surface area contributed by atoms with Gasteiger partial charge in [-0.05, 0) is 28.8 Å². The van der Waals surface area contributed by atoms with Crippen molar-refractivity contribution in [1.82, 2.24) is 0 Å². The molecule has 0 N–H and O–H groups in total. The van der Waals surface area contributed by atoms with E-state index in [1.165, 1.54) is 5.56 Å². The van der Waals surface area contributed by atoms with Gasteiger partial charge < -0.3 is 0 Å². The molecule has 0 spiro atoms. The third kappa shape index (κ3) is 2.06. The van der Waals surface area contributed by atoms with Crippen molar-refractivity contribution in [3.05, 3.63) is 22.4 Å². The smallest absolute Gasteiger partial charge is 0.0720 e. The van der Waals surface area contributed by atoms with Crippen LogP contribution in [0.1, 0.15) is 31.2 Å². The lowest BCUT2D eigenvalue weighted by atomic mass is 9.99.